The van der Waals surface area contributed by atoms with Crippen molar-refractivity contribution in [3.8, 4) is 0 Å². The molecule has 1 aromatic heterocycles. The van der Waals surface area contributed by atoms with Crippen molar-refractivity contribution >= 4 is 17.6 Å². The number of hydrogen-bond donors (Lipinski definition) is 2. The first-order chi connectivity index (χ1) is 7.83. The van der Waals surface area contributed by atoms with Gasteiger partial charge in [-0.05, 0) is 25.4 Å². The maximum Gasteiger partial charge on any atom is 0.131 e. The Kier molecular flexibility index (Phi) is 2.73. The van der Waals surface area contributed by atoms with Gasteiger partial charge in [0, 0.05) is 23.5 Å². The predicted molar refractivity (Wildman–Crippen MR) is 66.1 cm³/mol. The second-order valence-electron chi connectivity index (χ2n) is 4.51. The van der Waals surface area contributed by atoms with E-state index < -0.39 is 0 Å². The van der Waals surface area contributed by atoms with Crippen LogP contribution >= 0.6 is 11.8 Å². The molecule has 2 aliphatic heterocycles. The van der Waals surface area contributed by atoms with Gasteiger partial charge in [-0.2, -0.15) is 11.8 Å². The normalized spacial score (nSPS) is 23.6. The zero-order valence-electron chi connectivity index (χ0n) is 9.20. The van der Waals surface area contributed by atoms with E-state index >= 15 is 0 Å². The molecule has 0 aromatic carbocycles. The van der Waals surface area contributed by atoms with Gasteiger partial charge in [0.25, 0.3) is 0 Å². The molecule has 0 bridgehead atoms. The molecule has 0 aliphatic carbocycles. The van der Waals surface area contributed by atoms with Crippen LogP contribution in [0.3, 0.4) is 0 Å². The predicted octanol–water partition coefficient (Wildman–Crippen LogP) is 0.958. The van der Waals surface area contributed by atoms with Crippen LogP contribution < -0.4 is 11.1 Å². The molecule has 4 nitrogen and oxygen atoms in total. The maximum atomic E-state index is 5.97. The van der Waals surface area contributed by atoms with E-state index in [1.807, 2.05) is 11.8 Å². The monoisotopic (exact) mass is 236 g/mol. The summed E-state index contributed by atoms with van der Waals surface area (Å²) in [5.41, 5.74) is 8.30. The highest BCUT2D eigenvalue weighted by atomic mass is 32.2. The van der Waals surface area contributed by atoms with Crippen molar-refractivity contribution in [1.82, 2.24) is 15.3 Å². The summed E-state index contributed by atoms with van der Waals surface area (Å²) in [5, 5.41) is 3.37. The van der Waals surface area contributed by atoms with E-state index in [2.05, 4.69) is 15.3 Å². The van der Waals surface area contributed by atoms with E-state index in [9.17, 15) is 0 Å². The molecule has 0 spiro atoms. The van der Waals surface area contributed by atoms with Crippen molar-refractivity contribution in [3.05, 3.63) is 17.1 Å². The second kappa shape index (κ2) is 4.22. The number of nitrogens with one attached hydrogen (secondary N) is 1. The van der Waals surface area contributed by atoms with Gasteiger partial charge in [0.1, 0.15) is 11.6 Å². The zero-order valence-corrected chi connectivity index (χ0v) is 10.0. The first-order valence-corrected chi connectivity index (χ1v) is 6.91. The van der Waals surface area contributed by atoms with Gasteiger partial charge in [-0.25, -0.2) is 9.97 Å². The lowest BCUT2D eigenvalue weighted by Crippen LogP contribution is -2.14. The quantitative estimate of drug-likeness (QED) is 0.800. The van der Waals surface area contributed by atoms with Crippen molar-refractivity contribution in [2.75, 3.05) is 18.8 Å². The average molecular weight is 236 g/mol. The number of fused-ring (bicyclic) bond motifs is 1. The summed E-state index contributed by atoms with van der Waals surface area (Å²) < 4.78 is 0. The molecule has 1 aromatic rings. The minimum absolute atomic E-state index is 0.687. The van der Waals surface area contributed by atoms with Gasteiger partial charge < -0.3 is 11.1 Å². The highest BCUT2D eigenvalue weighted by molar-refractivity contribution is 7.98. The van der Waals surface area contributed by atoms with Gasteiger partial charge in [0.2, 0.25) is 0 Å². The number of anilines is 1. The Balaban J connectivity index is 1.82. The average Bonchev–Trinajstić information content (AvgIpc) is 2.87. The number of rotatable bonds is 2. The SMILES string of the molecule is Nc1nc(CC2CCNC2)nc2c1CSC2. The highest BCUT2D eigenvalue weighted by Crippen LogP contribution is 2.31. The van der Waals surface area contributed by atoms with Gasteiger partial charge >= 0.3 is 0 Å². The van der Waals surface area contributed by atoms with Crippen molar-refractivity contribution in [1.29, 1.82) is 0 Å². The number of nitrogen functional groups attached to an aromatic ring is 1. The number of aromatic nitrogens is 2. The van der Waals surface area contributed by atoms with Crippen LogP contribution in [0.15, 0.2) is 0 Å². The largest absolute Gasteiger partial charge is 0.383 e. The molecule has 1 saturated heterocycles. The Hall–Kier alpha value is -0.810. The van der Waals surface area contributed by atoms with E-state index in [1.165, 1.54) is 17.7 Å². The lowest BCUT2D eigenvalue weighted by Gasteiger charge is -2.09. The fourth-order valence-electron chi connectivity index (χ4n) is 2.37. The summed E-state index contributed by atoms with van der Waals surface area (Å²) in [6.07, 6.45) is 2.20. The molecule has 1 fully saturated rings. The molecule has 16 heavy (non-hydrogen) atoms. The summed E-state index contributed by atoms with van der Waals surface area (Å²) in [6, 6.07) is 0. The molecule has 3 heterocycles. The third kappa shape index (κ3) is 1.89. The van der Waals surface area contributed by atoms with Crippen molar-refractivity contribution in [2.45, 2.75) is 24.3 Å². The molecule has 1 atom stereocenters. The molecule has 1 unspecified atom stereocenters. The lowest BCUT2D eigenvalue weighted by molar-refractivity contribution is 0.560. The summed E-state index contributed by atoms with van der Waals surface area (Å²) in [5.74, 6) is 4.31. The zero-order chi connectivity index (χ0) is 11.0. The van der Waals surface area contributed by atoms with E-state index in [0.29, 0.717) is 11.7 Å². The smallest absolute Gasteiger partial charge is 0.131 e. The molecule has 0 saturated carbocycles. The molecular formula is C11H16N4S. The van der Waals surface area contributed by atoms with Crippen LogP contribution in [0.1, 0.15) is 23.5 Å². The number of thioether (sulfide) groups is 1. The fourth-order valence-corrected chi connectivity index (χ4v) is 3.42. The Morgan fingerprint density at radius 3 is 3.12 bits per heavy atom. The van der Waals surface area contributed by atoms with E-state index in [1.54, 1.807) is 0 Å². The molecule has 86 valence electrons. The molecule has 3 N–H and O–H groups in total. The Morgan fingerprint density at radius 1 is 1.38 bits per heavy atom. The summed E-state index contributed by atoms with van der Waals surface area (Å²) in [4.78, 5) is 9.07. The van der Waals surface area contributed by atoms with Crippen LogP contribution in [0.2, 0.25) is 0 Å². The first kappa shape index (κ1) is 10.4. The van der Waals surface area contributed by atoms with Crippen LogP contribution in [0.4, 0.5) is 5.82 Å². The van der Waals surface area contributed by atoms with Crippen LogP contribution in [0.5, 0.6) is 0 Å². The van der Waals surface area contributed by atoms with E-state index in [4.69, 9.17) is 5.73 Å². The molecule has 0 radical (unpaired) electrons. The van der Waals surface area contributed by atoms with E-state index in [-0.39, 0.29) is 0 Å². The number of nitrogens with two attached hydrogens (primary N) is 1. The summed E-state index contributed by atoms with van der Waals surface area (Å²) >= 11 is 1.87. The van der Waals surface area contributed by atoms with Gasteiger partial charge in [-0.15, -0.1) is 0 Å². The van der Waals surface area contributed by atoms with Gasteiger partial charge in [0.05, 0.1) is 5.69 Å². The van der Waals surface area contributed by atoms with Crippen LogP contribution in [-0.2, 0) is 17.9 Å². The van der Waals surface area contributed by atoms with Gasteiger partial charge in [0.15, 0.2) is 0 Å². The Bertz CT molecular complexity index is 401. The number of hydrogen-bond acceptors (Lipinski definition) is 5. The second-order valence-corrected chi connectivity index (χ2v) is 5.49. The molecule has 5 heteroatoms. The lowest BCUT2D eigenvalue weighted by atomic mass is 10.0. The summed E-state index contributed by atoms with van der Waals surface area (Å²) in [6.45, 7) is 2.22. The number of nitrogens with zero attached hydrogens (tertiary/aromatic N) is 2. The minimum atomic E-state index is 0.687. The van der Waals surface area contributed by atoms with Crippen LogP contribution in [0.25, 0.3) is 0 Å². The third-order valence-corrected chi connectivity index (χ3v) is 4.26. The maximum absolute atomic E-state index is 5.97. The van der Waals surface area contributed by atoms with Crippen molar-refractivity contribution < 1.29 is 0 Å². The van der Waals surface area contributed by atoms with E-state index in [0.717, 1.165) is 36.8 Å². The van der Waals surface area contributed by atoms with Crippen LogP contribution in [-0.4, -0.2) is 23.1 Å². The third-order valence-electron chi connectivity index (χ3n) is 3.29. The summed E-state index contributed by atoms with van der Waals surface area (Å²) in [7, 11) is 0. The van der Waals surface area contributed by atoms with Crippen molar-refractivity contribution in [2.24, 2.45) is 5.92 Å². The molecular weight excluding hydrogens is 220 g/mol. The Labute approximate surface area is 99.4 Å². The highest BCUT2D eigenvalue weighted by Gasteiger charge is 2.21. The van der Waals surface area contributed by atoms with Gasteiger partial charge in [-0.3, -0.25) is 0 Å². The first-order valence-electron chi connectivity index (χ1n) is 5.75. The fraction of sp³-hybridized carbons (Fsp3) is 0.636. The standard InChI is InChI=1S/C11H16N4S/c12-11-8-5-16-6-9(8)14-10(15-11)3-7-1-2-13-4-7/h7,13H,1-6H2,(H2,12,14,15). The Morgan fingerprint density at radius 2 is 2.31 bits per heavy atom. The minimum Gasteiger partial charge on any atom is -0.383 e. The molecule has 0 amide bonds. The van der Waals surface area contributed by atoms with Gasteiger partial charge in [-0.1, -0.05) is 0 Å². The van der Waals surface area contributed by atoms with Crippen molar-refractivity contribution in [3.63, 3.8) is 0 Å². The topological polar surface area (TPSA) is 63.8 Å². The molecule has 2 aliphatic rings. The van der Waals surface area contributed by atoms with Crippen LogP contribution in [0, 0.1) is 5.92 Å². The molecule has 3 rings (SSSR count).